The molecular weight excluding hydrogens is 307 g/mol. The first kappa shape index (κ1) is 14.3. The number of pyridine rings is 1. The van der Waals surface area contributed by atoms with Gasteiger partial charge in [0, 0.05) is 13.1 Å². The van der Waals surface area contributed by atoms with Crippen LogP contribution in [0.5, 0.6) is 5.75 Å². The van der Waals surface area contributed by atoms with Gasteiger partial charge in [-0.2, -0.15) is 0 Å². The number of rotatable bonds is 4. The van der Waals surface area contributed by atoms with Gasteiger partial charge in [-0.1, -0.05) is 34.8 Å². The molecular formula is C13H11Cl3N2O. The van der Waals surface area contributed by atoms with Gasteiger partial charge >= 0.3 is 0 Å². The lowest BCUT2D eigenvalue weighted by atomic mass is 10.3. The van der Waals surface area contributed by atoms with Gasteiger partial charge in [0.15, 0.2) is 0 Å². The summed E-state index contributed by atoms with van der Waals surface area (Å²) in [6.45, 7) is 0.256. The summed E-state index contributed by atoms with van der Waals surface area (Å²) in [7, 11) is 1.79. The van der Waals surface area contributed by atoms with Crippen LogP contribution in [0.15, 0.2) is 30.3 Å². The van der Waals surface area contributed by atoms with Crippen molar-refractivity contribution in [1.82, 2.24) is 4.98 Å². The van der Waals surface area contributed by atoms with Gasteiger partial charge in [-0.05, 0) is 24.3 Å². The van der Waals surface area contributed by atoms with Crippen LogP contribution in [0, 0.1) is 0 Å². The molecule has 1 aromatic heterocycles. The first-order valence-electron chi connectivity index (χ1n) is 5.51. The number of ether oxygens (including phenoxy) is 1. The second kappa shape index (κ2) is 6.33. The average molecular weight is 318 g/mol. The molecule has 2 rings (SSSR count). The second-order valence-electron chi connectivity index (χ2n) is 3.74. The Labute approximate surface area is 126 Å². The molecule has 1 N–H and O–H groups in total. The van der Waals surface area contributed by atoms with Crippen molar-refractivity contribution < 1.29 is 4.74 Å². The smallest absolute Gasteiger partial charge is 0.132 e. The van der Waals surface area contributed by atoms with Gasteiger partial charge in [0.2, 0.25) is 0 Å². The molecule has 0 aliphatic heterocycles. The number of halogens is 3. The van der Waals surface area contributed by atoms with E-state index in [1.165, 1.54) is 0 Å². The fraction of sp³-hybridized carbons (Fsp3) is 0.154. The van der Waals surface area contributed by atoms with E-state index in [1.807, 2.05) is 0 Å². The monoisotopic (exact) mass is 316 g/mol. The third-order valence-electron chi connectivity index (χ3n) is 2.44. The zero-order valence-corrected chi connectivity index (χ0v) is 12.4. The fourth-order valence-electron chi connectivity index (χ4n) is 1.44. The van der Waals surface area contributed by atoms with Gasteiger partial charge in [0.1, 0.15) is 18.2 Å². The van der Waals surface area contributed by atoms with Gasteiger partial charge in [-0.25, -0.2) is 4.98 Å². The average Bonchev–Trinajstić information content (AvgIpc) is 2.41. The Morgan fingerprint density at radius 1 is 1.05 bits per heavy atom. The van der Waals surface area contributed by atoms with Crippen LogP contribution < -0.4 is 10.1 Å². The maximum absolute atomic E-state index is 6.06. The molecule has 0 saturated carbocycles. The predicted octanol–water partition coefficient (Wildman–Crippen LogP) is 4.66. The lowest BCUT2D eigenvalue weighted by Gasteiger charge is -2.09. The summed E-state index contributed by atoms with van der Waals surface area (Å²) in [6.07, 6.45) is 0. The van der Waals surface area contributed by atoms with Crippen LogP contribution in [0.2, 0.25) is 15.1 Å². The minimum atomic E-state index is 0.256. The molecule has 2 aromatic rings. The minimum absolute atomic E-state index is 0.256. The van der Waals surface area contributed by atoms with E-state index in [2.05, 4.69) is 10.3 Å². The molecule has 6 heteroatoms. The first-order valence-corrected chi connectivity index (χ1v) is 6.64. The van der Waals surface area contributed by atoms with Gasteiger partial charge in [-0.15, -0.1) is 0 Å². The number of anilines is 1. The number of hydrogen-bond donors (Lipinski definition) is 1. The topological polar surface area (TPSA) is 34.1 Å². The Morgan fingerprint density at radius 2 is 1.79 bits per heavy atom. The molecule has 0 saturated heterocycles. The Bertz CT molecular complexity index is 590. The van der Waals surface area contributed by atoms with Gasteiger partial charge < -0.3 is 10.1 Å². The lowest BCUT2D eigenvalue weighted by molar-refractivity contribution is 0.301. The Balaban J connectivity index is 2.11. The SMILES string of the molecule is CNc1ccc(Cl)c(COc2ccc(Cl)c(Cl)c2)n1. The summed E-state index contributed by atoms with van der Waals surface area (Å²) in [6, 6.07) is 8.64. The molecule has 1 aromatic carbocycles. The highest BCUT2D eigenvalue weighted by molar-refractivity contribution is 6.42. The van der Waals surface area contributed by atoms with Crippen molar-refractivity contribution in [2.24, 2.45) is 0 Å². The van der Waals surface area contributed by atoms with Crippen LogP contribution in [-0.2, 0) is 6.61 Å². The van der Waals surface area contributed by atoms with Crippen molar-refractivity contribution in [2.45, 2.75) is 6.61 Å². The third-order valence-corrected chi connectivity index (χ3v) is 3.52. The predicted molar refractivity (Wildman–Crippen MR) is 79.6 cm³/mol. The van der Waals surface area contributed by atoms with E-state index in [0.29, 0.717) is 26.5 Å². The molecule has 100 valence electrons. The number of nitrogens with one attached hydrogen (secondary N) is 1. The highest BCUT2D eigenvalue weighted by Gasteiger charge is 2.06. The van der Waals surface area contributed by atoms with E-state index in [-0.39, 0.29) is 6.61 Å². The van der Waals surface area contributed by atoms with E-state index in [0.717, 1.165) is 5.82 Å². The van der Waals surface area contributed by atoms with Crippen LogP contribution in [0.1, 0.15) is 5.69 Å². The second-order valence-corrected chi connectivity index (χ2v) is 4.96. The Morgan fingerprint density at radius 3 is 2.47 bits per heavy atom. The first-order chi connectivity index (χ1) is 9.10. The Hall–Kier alpha value is -1.16. The molecule has 3 nitrogen and oxygen atoms in total. The van der Waals surface area contributed by atoms with Gasteiger partial charge in [-0.3, -0.25) is 0 Å². The summed E-state index contributed by atoms with van der Waals surface area (Å²) >= 11 is 17.8. The van der Waals surface area contributed by atoms with Crippen molar-refractivity contribution in [3.63, 3.8) is 0 Å². The van der Waals surface area contributed by atoms with Crippen molar-refractivity contribution in [3.8, 4) is 5.75 Å². The normalized spacial score (nSPS) is 10.3. The number of benzene rings is 1. The highest BCUT2D eigenvalue weighted by atomic mass is 35.5. The molecule has 0 aliphatic rings. The van der Waals surface area contributed by atoms with E-state index >= 15 is 0 Å². The van der Waals surface area contributed by atoms with E-state index in [4.69, 9.17) is 39.5 Å². The lowest BCUT2D eigenvalue weighted by Crippen LogP contribution is -2.02. The summed E-state index contributed by atoms with van der Waals surface area (Å²) < 4.78 is 5.59. The maximum Gasteiger partial charge on any atom is 0.132 e. The highest BCUT2D eigenvalue weighted by Crippen LogP contribution is 2.27. The number of aromatic nitrogens is 1. The molecule has 0 aliphatic carbocycles. The molecule has 1 heterocycles. The van der Waals surface area contributed by atoms with Crippen molar-refractivity contribution in [1.29, 1.82) is 0 Å². The number of nitrogens with zero attached hydrogens (tertiary/aromatic N) is 1. The van der Waals surface area contributed by atoms with Gasteiger partial charge in [0.25, 0.3) is 0 Å². The zero-order valence-electron chi connectivity index (χ0n) is 10.1. The summed E-state index contributed by atoms with van der Waals surface area (Å²) in [5, 5.41) is 4.43. The van der Waals surface area contributed by atoms with Gasteiger partial charge in [0.05, 0.1) is 20.8 Å². The molecule has 0 atom stereocenters. The van der Waals surface area contributed by atoms with E-state index in [9.17, 15) is 0 Å². The summed E-state index contributed by atoms with van der Waals surface area (Å²) in [4.78, 5) is 4.32. The van der Waals surface area contributed by atoms with Crippen LogP contribution in [0.25, 0.3) is 0 Å². The minimum Gasteiger partial charge on any atom is -0.487 e. The third kappa shape index (κ3) is 3.66. The van der Waals surface area contributed by atoms with Crippen molar-refractivity contribution in [3.05, 3.63) is 51.1 Å². The zero-order chi connectivity index (χ0) is 13.8. The van der Waals surface area contributed by atoms with Crippen LogP contribution in [0.4, 0.5) is 5.82 Å². The van der Waals surface area contributed by atoms with E-state index < -0.39 is 0 Å². The summed E-state index contributed by atoms with van der Waals surface area (Å²) in [5.74, 6) is 1.35. The van der Waals surface area contributed by atoms with Crippen LogP contribution in [-0.4, -0.2) is 12.0 Å². The molecule has 0 amide bonds. The molecule has 0 radical (unpaired) electrons. The van der Waals surface area contributed by atoms with Crippen LogP contribution >= 0.6 is 34.8 Å². The maximum atomic E-state index is 6.06. The molecule has 0 spiro atoms. The quantitative estimate of drug-likeness (QED) is 0.890. The largest absolute Gasteiger partial charge is 0.487 e. The van der Waals surface area contributed by atoms with E-state index in [1.54, 1.807) is 37.4 Å². The van der Waals surface area contributed by atoms with Crippen molar-refractivity contribution in [2.75, 3.05) is 12.4 Å². The molecule has 0 unspecified atom stereocenters. The standard InChI is InChI=1S/C13H11Cl3N2O/c1-17-13-5-4-10(15)12(18-13)7-19-8-2-3-9(14)11(16)6-8/h2-6H,7H2,1H3,(H,17,18). The van der Waals surface area contributed by atoms with Crippen molar-refractivity contribution >= 4 is 40.6 Å². The fourth-order valence-corrected chi connectivity index (χ4v) is 1.89. The molecule has 0 bridgehead atoms. The number of hydrogen-bond acceptors (Lipinski definition) is 3. The Kier molecular flexibility index (Phi) is 4.75. The summed E-state index contributed by atoms with van der Waals surface area (Å²) in [5.41, 5.74) is 0.652. The molecule has 0 fully saturated rings. The van der Waals surface area contributed by atoms with Crippen LogP contribution in [0.3, 0.4) is 0 Å². The molecule has 19 heavy (non-hydrogen) atoms.